The van der Waals surface area contributed by atoms with E-state index in [0.717, 1.165) is 64.7 Å². The number of hydrogen-bond acceptors (Lipinski definition) is 4. The Balaban J connectivity index is 1.68. The van der Waals surface area contributed by atoms with E-state index in [-0.39, 0.29) is 5.78 Å². The molecule has 3 heterocycles. The molecule has 1 fully saturated rings. The smallest absolute Gasteiger partial charge is 0.181 e. The maximum atomic E-state index is 13.4. The van der Waals surface area contributed by atoms with Crippen molar-refractivity contribution < 1.29 is 4.79 Å². The minimum atomic E-state index is 0.114. The highest BCUT2D eigenvalue weighted by atomic mass is 35.5. The standard InChI is InChI=1S/C30H30ClN3O/c1-19-16-27-30(20(2)29(19)22-8-12-32-13-9-22)24(23-6-4-5-7-25(23)31)18-26(33-27)28(35)17-21-10-14-34(3)15-11-21/h4-9,12-13,16,18,21H,10-11,14-15,17H2,1-3H3. The summed E-state index contributed by atoms with van der Waals surface area (Å²) in [5.74, 6) is 0.528. The van der Waals surface area contributed by atoms with E-state index in [1.165, 1.54) is 5.56 Å². The van der Waals surface area contributed by atoms with Crippen LogP contribution in [0.15, 0.2) is 60.9 Å². The number of benzene rings is 2. The number of Topliss-reactive ketones (excluding diaryl/α,β-unsaturated/α-hetero) is 1. The van der Waals surface area contributed by atoms with E-state index in [9.17, 15) is 4.79 Å². The molecule has 0 saturated carbocycles. The van der Waals surface area contributed by atoms with Gasteiger partial charge in [-0.15, -0.1) is 0 Å². The minimum absolute atomic E-state index is 0.114. The number of carbonyl (C=O) groups is 1. The van der Waals surface area contributed by atoms with Gasteiger partial charge in [0.05, 0.1) is 5.52 Å². The van der Waals surface area contributed by atoms with Crippen LogP contribution in [0.5, 0.6) is 0 Å². The van der Waals surface area contributed by atoms with Crippen LogP contribution in [-0.2, 0) is 0 Å². The molecule has 4 aromatic rings. The summed E-state index contributed by atoms with van der Waals surface area (Å²) in [6, 6.07) is 16.0. The third-order valence-corrected chi connectivity index (χ3v) is 7.61. The van der Waals surface area contributed by atoms with Crippen molar-refractivity contribution in [1.82, 2.24) is 14.9 Å². The summed E-state index contributed by atoms with van der Waals surface area (Å²) in [6.45, 7) is 6.33. The van der Waals surface area contributed by atoms with E-state index >= 15 is 0 Å². The van der Waals surface area contributed by atoms with Crippen molar-refractivity contribution >= 4 is 28.3 Å². The van der Waals surface area contributed by atoms with Crippen molar-refractivity contribution in [2.75, 3.05) is 20.1 Å². The predicted molar refractivity (Wildman–Crippen MR) is 144 cm³/mol. The molecular weight excluding hydrogens is 454 g/mol. The SMILES string of the molecule is Cc1cc2nc(C(=O)CC3CCN(C)CC3)cc(-c3ccccc3Cl)c2c(C)c1-c1ccncc1. The van der Waals surface area contributed by atoms with Crippen LogP contribution in [0, 0.1) is 19.8 Å². The van der Waals surface area contributed by atoms with Gasteiger partial charge in [-0.1, -0.05) is 29.8 Å². The Morgan fingerprint density at radius 2 is 1.74 bits per heavy atom. The summed E-state index contributed by atoms with van der Waals surface area (Å²) in [5.41, 5.74) is 7.78. The van der Waals surface area contributed by atoms with Gasteiger partial charge in [0.15, 0.2) is 5.78 Å². The van der Waals surface area contributed by atoms with E-state index in [1.807, 2.05) is 54.9 Å². The highest BCUT2D eigenvalue weighted by molar-refractivity contribution is 6.33. The number of pyridine rings is 2. The number of aryl methyl sites for hydroxylation is 2. The van der Waals surface area contributed by atoms with Gasteiger partial charge in [-0.2, -0.15) is 0 Å². The highest BCUT2D eigenvalue weighted by Crippen LogP contribution is 2.40. The van der Waals surface area contributed by atoms with Crippen LogP contribution < -0.4 is 0 Å². The lowest BCUT2D eigenvalue weighted by Crippen LogP contribution is -2.31. The van der Waals surface area contributed by atoms with Crippen molar-refractivity contribution in [3.63, 3.8) is 0 Å². The Hall–Kier alpha value is -3.08. The molecule has 0 unspecified atom stereocenters. The number of nitrogens with zero attached hydrogens (tertiary/aromatic N) is 3. The first-order chi connectivity index (χ1) is 16.9. The fraction of sp³-hybridized carbons (Fsp3) is 0.300. The second kappa shape index (κ2) is 9.88. The van der Waals surface area contributed by atoms with Crippen LogP contribution in [0.4, 0.5) is 0 Å². The van der Waals surface area contributed by atoms with Crippen LogP contribution >= 0.6 is 11.6 Å². The molecule has 0 atom stereocenters. The molecule has 5 rings (SSSR count). The third kappa shape index (κ3) is 4.73. The lowest BCUT2D eigenvalue weighted by molar-refractivity contribution is 0.0931. The van der Waals surface area contributed by atoms with Crippen molar-refractivity contribution in [2.24, 2.45) is 5.92 Å². The number of rotatable bonds is 5. The van der Waals surface area contributed by atoms with Gasteiger partial charge in [0.1, 0.15) is 5.69 Å². The Labute approximate surface area is 212 Å². The van der Waals surface area contributed by atoms with E-state index in [1.54, 1.807) is 0 Å². The summed E-state index contributed by atoms with van der Waals surface area (Å²) in [6.07, 6.45) is 6.29. The van der Waals surface area contributed by atoms with Crippen LogP contribution in [0.3, 0.4) is 0 Å². The van der Waals surface area contributed by atoms with E-state index < -0.39 is 0 Å². The van der Waals surface area contributed by atoms with Crippen molar-refractivity contribution in [3.8, 4) is 22.3 Å². The number of fused-ring (bicyclic) bond motifs is 1. The minimum Gasteiger partial charge on any atom is -0.306 e. The lowest BCUT2D eigenvalue weighted by Gasteiger charge is -2.28. The lowest BCUT2D eigenvalue weighted by atomic mass is 9.87. The van der Waals surface area contributed by atoms with Gasteiger partial charge in [-0.3, -0.25) is 9.78 Å². The van der Waals surface area contributed by atoms with Crippen LogP contribution in [-0.4, -0.2) is 40.8 Å². The number of likely N-dealkylation sites (tertiary alicyclic amines) is 1. The summed E-state index contributed by atoms with van der Waals surface area (Å²) < 4.78 is 0. The van der Waals surface area contributed by atoms with Crippen molar-refractivity contribution in [3.05, 3.63) is 82.8 Å². The Morgan fingerprint density at radius 1 is 1.03 bits per heavy atom. The summed E-state index contributed by atoms with van der Waals surface area (Å²) >= 11 is 6.68. The van der Waals surface area contributed by atoms with Crippen molar-refractivity contribution in [1.29, 1.82) is 0 Å². The van der Waals surface area contributed by atoms with Crippen LogP contribution in [0.1, 0.15) is 40.9 Å². The topological polar surface area (TPSA) is 46.1 Å². The number of carbonyl (C=O) groups excluding carboxylic acids is 1. The van der Waals surface area contributed by atoms with Gasteiger partial charge >= 0.3 is 0 Å². The molecule has 35 heavy (non-hydrogen) atoms. The number of halogens is 1. The van der Waals surface area contributed by atoms with Crippen molar-refractivity contribution in [2.45, 2.75) is 33.1 Å². The molecule has 4 nitrogen and oxygen atoms in total. The zero-order valence-corrected chi connectivity index (χ0v) is 21.3. The molecule has 0 radical (unpaired) electrons. The Kier molecular flexibility index (Phi) is 6.68. The summed E-state index contributed by atoms with van der Waals surface area (Å²) in [5, 5.41) is 1.70. The van der Waals surface area contributed by atoms with Gasteiger partial charge in [-0.05, 0) is 111 Å². The second-order valence-electron chi connectivity index (χ2n) is 9.73. The second-order valence-corrected chi connectivity index (χ2v) is 10.1. The zero-order valence-electron chi connectivity index (χ0n) is 20.5. The quantitative estimate of drug-likeness (QED) is 0.283. The molecule has 178 valence electrons. The molecule has 2 aromatic heterocycles. The van der Waals surface area contributed by atoms with Gasteiger partial charge in [0, 0.05) is 34.8 Å². The molecule has 0 N–H and O–H groups in total. The molecule has 0 bridgehead atoms. The molecule has 2 aromatic carbocycles. The van der Waals surface area contributed by atoms with E-state index in [4.69, 9.17) is 16.6 Å². The first-order valence-corrected chi connectivity index (χ1v) is 12.6. The number of ketones is 1. The normalized spacial score (nSPS) is 15.0. The molecule has 0 aliphatic carbocycles. The molecule has 1 aliphatic rings. The monoisotopic (exact) mass is 483 g/mol. The van der Waals surface area contributed by atoms with Crippen LogP contribution in [0.2, 0.25) is 5.02 Å². The fourth-order valence-corrected chi connectivity index (χ4v) is 5.63. The molecule has 1 saturated heterocycles. The van der Waals surface area contributed by atoms with Gasteiger partial charge in [0.2, 0.25) is 0 Å². The van der Waals surface area contributed by atoms with Gasteiger partial charge in [0.25, 0.3) is 0 Å². The largest absolute Gasteiger partial charge is 0.306 e. The maximum Gasteiger partial charge on any atom is 0.181 e. The Bertz CT molecular complexity index is 1390. The molecular formula is C30H30ClN3O. The number of piperidine rings is 1. The van der Waals surface area contributed by atoms with Gasteiger partial charge < -0.3 is 4.90 Å². The average Bonchev–Trinajstić information content (AvgIpc) is 2.85. The van der Waals surface area contributed by atoms with Crippen LogP contribution in [0.25, 0.3) is 33.2 Å². The molecule has 0 spiro atoms. The summed E-state index contributed by atoms with van der Waals surface area (Å²) in [7, 11) is 2.14. The first kappa shape index (κ1) is 23.7. The molecule has 0 amide bonds. The van der Waals surface area contributed by atoms with E-state index in [2.05, 4.69) is 36.8 Å². The zero-order chi connectivity index (χ0) is 24.5. The third-order valence-electron chi connectivity index (χ3n) is 7.28. The Morgan fingerprint density at radius 3 is 2.46 bits per heavy atom. The fourth-order valence-electron chi connectivity index (χ4n) is 5.39. The molecule has 5 heteroatoms. The summed E-state index contributed by atoms with van der Waals surface area (Å²) in [4.78, 5) is 24.9. The highest BCUT2D eigenvalue weighted by Gasteiger charge is 2.23. The first-order valence-electron chi connectivity index (χ1n) is 12.2. The number of hydrogen-bond donors (Lipinski definition) is 0. The molecule has 1 aliphatic heterocycles. The van der Waals surface area contributed by atoms with Gasteiger partial charge in [-0.25, -0.2) is 4.98 Å². The number of aromatic nitrogens is 2. The average molecular weight is 484 g/mol. The maximum absolute atomic E-state index is 13.4. The van der Waals surface area contributed by atoms with E-state index in [0.29, 0.717) is 23.1 Å². The predicted octanol–water partition coefficient (Wildman–Crippen LogP) is 7.15.